The second-order valence-electron chi connectivity index (χ2n) is 15.2. The number of ether oxygens (including phenoxy) is 1. The van der Waals surface area contributed by atoms with Crippen LogP contribution in [-0.2, 0) is 40.3 Å². The smallest absolute Gasteiger partial charge is 0.509 e. The van der Waals surface area contributed by atoms with Crippen molar-refractivity contribution in [2.75, 3.05) is 0 Å². The van der Waals surface area contributed by atoms with Crippen molar-refractivity contribution in [1.82, 2.24) is 19.3 Å². The maximum atomic E-state index is 6.74. The molecule has 3 aromatic carbocycles. The molecule has 278 valence electrons. The van der Waals surface area contributed by atoms with Crippen LogP contribution in [0.5, 0.6) is 11.5 Å². The Bertz CT molecular complexity index is 2220. The van der Waals surface area contributed by atoms with Gasteiger partial charge in [-0.25, -0.2) is 4.98 Å². The van der Waals surface area contributed by atoms with Gasteiger partial charge in [0.15, 0.2) is 0 Å². The topological polar surface area (TPSA) is 44.9 Å². The van der Waals surface area contributed by atoms with Crippen LogP contribution in [-0.4, -0.2) is 19.3 Å². The van der Waals surface area contributed by atoms with Crippen LogP contribution in [0.3, 0.4) is 0 Å². The molecule has 6 heteroatoms. The molecular weight excluding hydrogens is 832 g/mol. The minimum atomic E-state index is 0. The molecule has 0 saturated carbocycles. The molecule has 3 heterocycles. The van der Waals surface area contributed by atoms with Crippen molar-refractivity contribution in [3.63, 3.8) is 0 Å². The molecule has 1 aliphatic rings. The summed E-state index contributed by atoms with van der Waals surface area (Å²) >= 11 is 0. The minimum absolute atomic E-state index is 0. The fraction of sp³-hybridized carbons (Fsp3) is 0.404. The summed E-state index contributed by atoms with van der Waals surface area (Å²) in [4.78, 5) is 4.85. The summed E-state index contributed by atoms with van der Waals surface area (Å²) in [6.07, 6.45) is 14.2. The van der Waals surface area contributed by atoms with Crippen molar-refractivity contribution in [3.8, 4) is 23.0 Å². The fourth-order valence-corrected chi connectivity index (χ4v) is 8.26. The van der Waals surface area contributed by atoms with Crippen LogP contribution in [0, 0.1) is 18.1 Å². The first kappa shape index (κ1) is 38.8. The first-order valence-corrected chi connectivity index (χ1v) is 19.7. The van der Waals surface area contributed by atoms with Crippen LogP contribution in [0.1, 0.15) is 127 Å². The molecule has 0 bridgehead atoms. The number of hydrogen-bond donors (Lipinski definition) is 0. The van der Waals surface area contributed by atoms with Crippen molar-refractivity contribution >= 4 is 21.8 Å². The summed E-state index contributed by atoms with van der Waals surface area (Å²) in [7, 11) is 0. The van der Waals surface area contributed by atoms with E-state index < -0.39 is 0 Å². The zero-order chi connectivity index (χ0) is 36.4. The maximum absolute atomic E-state index is 6.74. The average Bonchev–Trinajstić information content (AvgIpc) is 3.66. The minimum Gasteiger partial charge on any atom is -0.509 e. The van der Waals surface area contributed by atoms with Gasteiger partial charge in [-0.3, -0.25) is 4.68 Å². The summed E-state index contributed by atoms with van der Waals surface area (Å²) < 4.78 is 11.2. The Morgan fingerprint density at radius 2 is 1.70 bits per heavy atom. The second-order valence-corrected chi connectivity index (χ2v) is 15.2. The van der Waals surface area contributed by atoms with Crippen LogP contribution in [0.4, 0.5) is 0 Å². The van der Waals surface area contributed by atoms with E-state index in [1.54, 1.807) is 0 Å². The maximum Gasteiger partial charge on any atom is 2.00 e. The molecule has 1 aliphatic carbocycles. The fourth-order valence-electron chi connectivity index (χ4n) is 8.26. The van der Waals surface area contributed by atoms with E-state index in [-0.39, 0.29) is 21.1 Å². The third kappa shape index (κ3) is 7.83. The molecule has 0 spiro atoms. The number of para-hydroxylation sites is 1. The van der Waals surface area contributed by atoms with Crippen LogP contribution < -0.4 is 4.74 Å². The van der Waals surface area contributed by atoms with Gasteiger partial charge in [-0.05, 0) is 92.1 Å². The van der Waals surface area contributed by atoms with Crippen molar-refractivity contribution in [2.45, 2.75) is 118 Å². The van der Waals surface area contributed by atoms with E-state index in [0.29, 0.717) is 29.3 Å². The van der Waals surface area contributed by atoms with Gasteiger partial charge in [0.2, 0.25) is 0 Å². The number of allylic oxidation sites excluding steroid dienone is 2. The molecule has 0 fully saturated rings. The van der Waals surface area contributed by atoms with Gasteiger partial charge in [0.1, 0.15) is 5.82 Å². The number of unbranched alkanes of at least 4 members (excludes halogenated alkanes) is 1. The van der Waals surface area contributed by atoms with Crippen LogP contribution in [0.25, 0.3) is 33.3 Å². The predicted octanol–water partition coefficient (Wildman–Crippen LogP) is 12.6. The van der Waals surface area contributed by atoms with Gasteiger partial charge in [0, 0.05) is 40.4 Å². The molecule has 0 aliphatic heterocycles. The summed E-state index contributed by atoms with van der Waals surface area (Å²) in [5, 5.41) is 7.70. The van der Waals surface area contributed by atoms with Gasteiger partial charge in [-0.1, -0.05) is 96.2 Å². The molecule has 2 atom stereocenters. The SMILES string of the molecule is CCCCc1ccnc(-n2c3[c-]c(Oc4[c-]c(-n5nc(CCC)c(C6C(C)=CCC[C@@H]6C)c5CCC)cc(C(C)C)c4)ccc3c3ccccc32)c1.[Pt+2]. The number of benzene rings is 3. The molecule has 7 rings (SSSR count). The molecule has 0 saturated heterocycles. The van der Waals surface area contributed by atoms with Gasteiger partial charge in [-0.2, -0.15) is 11.2 Å². The zero-order valence-corrected chi connectivity index (χ0v) is 34.8. The number of hydrogen-bond acceptors (Lipinski definition) is 3. The number of nitrogens with zero attached hydrogens (tertiary/aromatic N) is 4. The molecule has 53 heavy (non-hydrogen) atoms. The molecule has 0 N–H and O–H groups in total. The summed E-state index contributed by atoms with van der Waals surface area (Å²) in [6, 6.07) is 28.8. The van der Waals surface area contributed by atoms with Gasteiger partial charge in [0.25, 0.3) is 0 Å². The van der Waals surface area contributed by atoms with E-state index in [9.17, 15) is 0 Å². The Balaban J connectivity index is 0.00000481. The van der Waals surface area contributed by atoms with Gasteiger partial charge < -0.3 is 9.30 Å². The molecule has 6 aromatic rings. The molecule has 1 unspecified atom stereocenters. The van der Waals surface area contributed by atoms with E-state index in [4.69, 9.17) is 14.8 Å². The summed E-state index contributed by atoms with van der Waals surface area (Å²) in [5.41, 5.74) is 11.0. The van der Waals surface area contributed by atoms with E-state index in [2.05, 4.69) is 131 Å². The van der Waals surface area contributed by atoms with Crippen LogP contribution in [0.2, 0.25) is 0 Å². The number of pyridine rings is 1. The van der Waals surface area contributed by atoms with Crippen LogP contribution in [0.15, 0.2) is 78.5 Å². The van der Waals surface area contributed by atoms with Crippen molar-refractivity contribution in [3.05, 3.63) is 119 Å². The number of aryl methyl sites for hydroxylation is 2. The van der Waals surface area contributed by atoms with E-state index in [1.807, 2.05) is 12.3 Å². The summed E-state index contributed by atoms with van der Waals surface area (Å²) in [6.45, 7) is 16.0. The molecule has 0 amide bonds. The third-order valence-electron chi connectivity index (χ3n) is 10.9. The number of rotatable bonds is 13. The normalized spacial score (nSPS) is 16.0. The van der Waals surface area contributed by atoms with Crippen LogP contribution >= 0.6 is 0 Å². The van der Waals surface area contributed by atoms with Gasteiger partial charge in [0.05, 0.1) is 5.69 Å². The van der Waals surface area contributed by atoms with E-state index in [0.717, 1.165) is 72.9 Å². The predicted molar refractivity (Wildman–Crippen MR) is 215 cm³/mol. The standard InChI is InChI=1S/C47H54N4O.Pt/c1-8-11-19-34-24-25-48-45(26-34)50-42-21-13-12-20-39(42)40-23-22-37(30-44(40)50)52-38-28-35(31(4)5)27-36(29-38)51-43(16-10-3)47(41(49-51)15-9-2)46-32(6)17-14-18-33(46)7;/h12-13,17,20-28,31,33,46H,8-11,14-16,18-19H2,1-7H3;/q-2;+2/t33-,46?;/m0./s1. The first-order valence-electron chi connectivity index (χ1n) is 19.7. The number of aromatic nitrogens is 4. The molecular formula is C47H54N4OPt. The Labute approximate surface area is 331 Å². The molecule has 5 nitrogen and oxygen atoms in total. The Morgan fingerprint density at radius 3 is 2.45 bits per heavy atom. The second kappa shape index (κ2) is 17.0. The van der Waals surface area contributed by atoms with Crippen molar-refractivity contribution in [1.29, 1.82) is 0 Å². The van der Waals surface area contributed by atoms with E-state index in [1.165, 1.54) is 51.9 Å². The first-order chi connectivity index (χ1) is 25.3. The van der Waals surface area contributed by atoms with Crippen molar-refractivity contribution in [2.24, 2.45) is 5.92 Å². The number of fused-ring (bicyclic) bond motifs is 3. The zero-order valence-electron chi connectivity index (χ0n) is 32.5. The Kier molecular flexibility index (Phi) is 12.4. The van der Waals surface area contributed by atoms with Gasteiger partial charge in [-0.15, -0.1) is 41.3 Å². The van der Waals surface area contributed by atoms with E-state index >= 15 is 0 Å². The van der Waals surface area contributed by atoms with Crippen molar-refractivity contribution < 1.29 is 25.8 Å². The molecule has 0 radical (unpaired) electrons. The largest absolute Gasteiger partial charge is 2.00 e. The Hall–Kier alpha value is -3.95. The summed E-state index contributed by atoms with van der Waals surface area (Å²) in [5.74, 6) is 3.54. The molecule has 3 aromatic heterocycles. The average molecular weight is 886 g/mol. The monoisotopic (exact) mass is 885 g/mol. The quantitative estimate of drug-likeness (QED) is 0.0857. The Morgan fingerprint density at radius 1 is 0.887 bits per heavy atom. The van der Waals surface area contributed by atoms with Gasteiger partial charge >= 0.3 is 21.1 Å². The third-order valence-corrected chi connectivity index (χ3v) is 10.9.